The van der Waals surface area contributed by atoms with Crippen molar-refractivity contribution in [2.24, 2.45) is 5.92 Å². The smallest absolute Gasteiger partial charge is 0.303 e. The van der Waals surface area contributed by atoms with Gasteiger partial charge in [0.2, 0.25) is 11.7 Å². The van der Waals surface area contributed by atoms with Crippen molar-refractivity contribution in [2.75, 3.05) is 13.1 Å². The van der Waals surface area contributed by atoms with Crippen LogP contribution < -0.4 is 4.74 Å². The van der Waals surface area contributed by atoms with Crippen LogP contribution in [0.3, 0.4) is 0 Å². The Morgan fingerprint density at radius 2 is 2.11 bits per heavy atom. The molecule has 28 heavy (non-hydrogen) atoms. The number of piperidine rings is 1. The van der Waals surface area contributed by atoms with Crippen LogP contribution in [0.1, 0.15) is 45.2 Å². The first kappa shape index (κ1) is 20.5. The minimum atomic E-state index is -2.18. The van der Waals surface area contributed by atoms with E-state index in [2.05, 4.69) is 4.98 Å². The number of nitrogens with zero attached hydrogens (tertiary/aromatic N) is 2. The van der Waals surface area contributed by atoms with E-state index in [9.17, 15) is 9.18 Å². The number of halogens is 2. The zero-order valence-electron chi connectivity index (χ0n) is 16.2. The molecule has 0 amide bonds. The van der Waals surface area contributed by atoms with E-state index in [1.54, 1.807) is 24.3 Å². The van der Waals surface area contributed by atoms with Gasteiger partial charge in [0.15, 0.2) is 5.83 Å². The fraction of sp³-hybridized carbons (Fsp3) is 0.524. The van der Waals surface area contributed by atoms with Crippen molar-refractivity contribution >= 4 is 11.5 Å². The SMILES string of the molecule is CC(C)Oc1cccc(C2=CCC(F)(N3CCC(CC(=O)O)CC3)C(F)=C2)n1. The molecular weight excluding hydrogens is 366 g/mol. The highest BCUT2D eigenvalue weighted by Gasteiger charge is 2.44. The van der Waals surface area contributed by atoms with Crippen molar-refractivity contribution in [2.45, 2.75) is 51.4 Å². The summed E-state index contributed by atoms with van der Waals surface area (Å²) in [5.74, 6) is -3.39. The van der Waals surface area contributed by atoms with Crippen LogP contribution in [0.15, 0.2) is 36.2 Å². The number of hydrogen-bond donors (Lipinski definition) is 1. The van der Waals surface area contributed by atoms with E-state index in [-0.39, 0.29) is 24.9 Å². The summed E-state index contributed by atoms with van der Waals surface area (Å²) in [5.41, 5.74) is 1.07. The maximum absolute atomic E-state index is 15.5. The summed E-state index contributed by atoms with van der Waals surface area (Å²) in [6.07, 6.45) is 3.91. The van der Waals surface area contributed by atoms with Gasteiger partial charge >= 0.3 is 5.97 Å². The summed E-state index contributed by atoms with van der Waals surface area (Å²) in [6.45, 7) is 4.47. The van der Waals surface area contributed by atoms with Crippen LogP contribution in [0.5, 0.6) is 5.88 Å². The average Bonchev–Trinajstić information content (AvgIpc) is 2.64. The number of aromatic nitrogens is 1. The molecule has 1 aromatic heterocycles. The molecule has 0 saturated carbocycles. The quantitative estimate of drug-likeness (QED) is 0.729. The Morgan fingerprint density at radius 3 is 2.71 bits per heavy atom. The lowest BCUT2D eigenvalue weighted by atomic mass is 9.89. The Kier molecular flexibility index (Phi) is 6.13. The van der Waals surface area contributed by atoms with Crippen molar-refractivity contribution < 1.29 is 23.4 Å². The molecule has 1 aliphatic heterocycles. The molecule has 3 rings (SSSR count). The summed E-state index contributed by atoms with van der Waals surface area (Å²) >= 11 is 0. The fourth-order valence-corrected chi connectivity index (χ4v) is 3.73. The molecule has 1 aromatic rings. The summed E-state index contributed by atoms with van der Waals surface area (Å²) in [4.78, 5) is 16.7. The summed E-state index contributed by atoms with van der Waals surface area (Å²) < 4.78 is 35.8. The van der Waals surface area contributed by atoms with Gasteiger partial charge in [-0.05, 0) is 50.3 Å². The van der Waals surface area contributed by atoms with Crippen LogP contribution in [0.4, 0.5) is 8.78 Å². The lowest BCUT2D eigenvalue weighted by Gasteiger charge is -2.41. The summed E-state index contributed by atoms with van der Waals surface area (Å²) in [5, 5.41) is 8.90. The minimum absolute atomic E-state index is 0.0204. The topological polar surface area (TPSA) is 62.7 Å². The number of ether oxygens (including phenoxy) is 1. The largest absolute Gasteiger partial charge is 0.481 e. The first-order valence-electron chi connectivity index (χ1n) is 9.65. The van der Waals surface area contributed by atoms with Crippen LogP contribution in [-0.2, 0) is 4.79 Å². The lowest BCUT2D eigenvalue weighted by Crippen LogP contribution is -2.50. The highest BCUT2D eigenvalue weighted by Crippen LogP contribution is 2.40. The van der Waals surface area contributed by atoms with E-state index >= 15 is 4.39 Å². The second-order valence-electron chi connectivity index (χ2n) is 7.67. The Balaban J connectivity index is 1.70. The van der Waals surface area contributed by atoms with Gasteiger partial charge in [-0.1, -0.05) is 12.1 Å². The van der Waals surface area contributed by atoms with Crippen LogP contribution in [-0.4, -0.2) is 45.9 Å². The molecule has 0 aromatic carbocycles. The first-order chi connectivity index (χ1) is 13.3. The molecule has 1 atom stereocenters. The zero-order valence-corrected chi connectivity index (χ0v) is 16.2. The highest BCUT2D eigenvalue weighted by molar-refractivity contribution is 5.74. The van der Waals surface area contributed by atoms with Crippen molar-refractivity contribution in [3.8, 4) is 5.88 Å². The molecule has 1 N–H and O–H groups in total. The maximum atomic E-state index is 15.5. The minimum Gasteiger partial charge on any atom is -0.481 e. The normalized spacial score (nSPS) is 24.0. The molecular formula is C21H26F2N2O3. The van der Waals surface area contributed by atoms with E-state index in [1.165, 1.54) is 11.0 Å². The number of alkyl halides is 1. The Morgan fingerprint density at radius 1 is 1.39 bits per heavy atom. The second kappa shape index (κ2) is 8.39. The maximum Gasteiger partial charge on any atom is 0.303 e. The molecule has 1 saturated heterocycles. The van der Waals surface area contributed by atoms with Gasteiger partial charge in [-0.3, -0.25) is 9.69 Å². The number of allylic oxidation sites excluding steroid dienone is 2. The number of likely N-dealkylation sites (tertiary alicyclic amines) is 1. The third-order valence-electron chi connectivity index (χ3n) is 5.20. The average molecular weight is 392 g/mol. The Hall–Kier alpha value is -2.28. The summed E-state index contributed by atoms with van der Waals surface area (Å²) in [7, 11) is 0. The molecule has 1 fully saturated rings. The predicted octanol–water partition coefficient (Wildman–Crippen LogP) is 4.36. The molecule has 2 aliphatic rings. The molecule has 0 spiro atoms. The molecule has 0 radical (unpaired) electrons. The van der Waals surface area contributed by atoms with E-state index in [0.29, 0.717) is 43.1 Å². The van der Waals surface area contributed by atoms with Crippen LogP contribution in [0.2, 0.25) is 0 Å². The molecule has 2 heterocycles. The molecule has 152 valence electrons. The van der Waals surface area contributed by atoms with Gasteiger partial charge in [-0.25, -0.2) is 13.8 Å². The summed E-state index contributed by atoms with van der Waals surface area (Å²) in [6, 6.07) is 5.25. The molecule has 1 aliphatic carbocycles. The number of pyridine rings is 1. The number of hydrogen-bond acceptors (Lipinski definition) is 4. The predicted molar refractivity (Wildman–Crippen MR) is 102 cm³/mol. The van der Waals surface area contributed by atoms with Crippen molar-refractivity contribution in [1.82, 2.24) is 9.88 Å². The zero-order chi connectivity index (χ0) is 20.3. The van der Waals surface area contributed by atoms with E-state index in [4.69, 9.17) is 9.84 Å². The number of carboxylic acids is 1. The number of carbonyl (C=O) groups is 1. The molecule has 5 nitrogen and oxygen atoms in total. The van der Waals surface area contributed by atoms with Crippen molar-refractivity contribution in [3.63, 3.8) is 0 Å². The van der Waals surface area contributed by atoms with Crippen molar-refractivity contribution in [1.29, 1.82) is 0 Å². The first-order valence-corrected chi connectivity index (χ1v) is 9.65. The molecule has 1 unspecified atom stereocenters. The van der Waals surface area contributed by atoms with Crippen LogP contribution >= 0.6 is 0 Å². The third-order valence-corrected chi connectivity index (χ3v) is 5.20. The number of rotatable bonds is 6. The van der Waals surface area contributed by atoms with Crippen LogP contribution in [0.25, 0.3) is 5.57 Å². The standard InChI is InChI=1S/C21H26F2N2O3/c1-14(2)28-19-5-3-4-17(24-19)16-6-9-21(23,18(22)13-16)25-10-7-15(8-11-25)12-20(26)27/h3-6,13-15H,7-12H2,1-2H3,(H,26,27). The second-order valence-corrected chi connectivity index (χ2v) is 7.67. The van der Waals surface area contributed by atoms with E-state index in [0.717, 1.165) is 0 Å². The van der Waals surface area contributed by atoms with Gasteiger partial charge in [-0.2, -0.15) is 0 Å². The van der Waals surface area contributed by atoms with Gasteiger partial charge < -0.3 is 9.84 Å². The van der Waals surface area contributed by atoms with Gasteiger partial charge in [0.1, 0.15) is 0 Å². The van der Waals surface area contributed by atoms with Gasteiger partial charge in [0.25, 0.3) is 0 Å². The Labute approximate surface area is 163 Å². The van der Waals surface area contributed by atoms with E-state index < -0.39 is 17.6 Å². The van der Waals surface area contributed by atoms with Gasteiger partial charge in [0.05, 0.1) is 11.8 Å². The van der Waals surface area contributed by atoms with Gasteiger partial charge in [-0.15, -0.1) is 0 Å². The highest BCUT2D eigenvalue weighted by atomic mass is 19.2. The van der Waals surface area contributed by atoms with Crippen LogP contribution in [0, 0.1) is 5.92 Å². The Bertz CT molecular complexity index is 786. The monoisotopic (exact) mass is 392 g/mol. The van der Waals surface area contributed by atoms with Gasteiger partial charge in [0, 0.05) is 32.0 Å². The fourth-order valence-electron chi connectivity index (χ4n) is 3.73. The number of aliphatic carboxylic acids is 1. The third kappa shape index (κ3) is 4.58. The van der Waals surface area contributed by atoms with E-state index in [1.807, 2.05) is 13.8 Å². The molecule has 7 heteroatoms. The molecule has 0 bridgehead atoms. The lowest BCUT2D eigenvalue weighted by molar-refractivity contribution is -0.138. The number of carboxylic acid groups (broad SMARTS) is 1. The van der Waals surface area contributed by atoms with Crippen molar-refractivity contribution in [3.05, 3.63) is 41.9 Å².